The van der Waals surface area contributed by atoms with Gasteiger partial charge in [-0.1, -0.05) is 24.3 Å². The van der Waals surface area contributed by atoms with E-state index in [0.29, 0.717) is 6.54 Å². The molecule has 0 saturated carbocycles. The predicted octanol–water partition coefficient (Wildman–Crippen LogP) is 2.12. The lowest BCUT2D eigenvalue weighted by atomic mass is 9.92. The number of nitrogens with one attached hydrogen (secondary N) is 1. The first-order chi connectivity index (χ1) is 8.49. The van der Waals surface area contributed by atoms with Gasteiger partial charge in [-0.2, -0.15) is 0 Å². The van der Waals surface area contributed by atoms with E-state index in [1.807, 2.05) is 19.1 Å². The lowest BCUT2D eigenvalue weighted by Crippen LogP contribution is -2.50. The van der Waals surface area contributed by atoms with Crippen molar-refractivity contribution >= 4 is 0 Å². The first-order valence-corrected chi connectivity index (χ1v) is 6.21. The molecule has 3 heteroatoms. The second-order valence-electron chi connectivity index (χ2n) is 5.10. The Labute approximate surface area is 110 Å². The van der Waals surface area contributed by atoms with Gasteiger partial charge in [0.15, 0.2) is 0 Å². The maximum Gasteiger partial charge on any atom is 0.118 e. The number of hydrogen-bond donors (Lipinski definition) is 2. The van der Waals surface area contributed by atoms with Crippen molar-refractivity contribution in [2.24, 2.45) is 5.73 Å². The molecule has 0 fully saturated rings. The van der Waals surface area contributed by atoms with Crippen molar-refractivity contribution in [2.45, 2.75) is 25.8 Å². The predicted molar refractivity (Wildman–Crippen MR) is 77.0 cm³/mol. The highest BCUT2D eigenvalue weighted by Gasteiger charge is 2.21. The Bertz CT molecular complexity index is 386. The van der Waals surface area contributed by atoms with Gasteiger partial charge in [-0.3, -0.25) is 0 Å². The third kappa shape index (κ3) is 4.51. The summed E-state index contributed by atoms with van der Waals surface area (Å²) in [7, 11) is 1.67. The topological polar surface area (TPSA) is 47.3 Å². The Kier molecular flexibility index (Phi) is 5.38. The molecule has 1 unspecified atom stereocenters. The van der Waals surface area contributed by atoms with Crippen LogP contribution in [0.2, 0.25) is 0 Å². The summed E-state index contributed by atoms with van der Waals surface area (Å²) < 4.78 is 5.15. The average Bonchev–Trinajstić information content (AvgIpc) is 2.37. The van der Waals surface area contributed by atoms with E-state index in [0.717, 1.165) is 24.3 Å². The molecule has 0 bridgehead atoms. The van der Waals surface area contributed by atoms with Crippen LogP contribution in [-0.4, -0.2) is 25.7 Å². The van der Waals surface area contributed by atoms with Gasteiger partial charge in [0.1, 0.15) is 5.75 Å². The molecule has 1 aromatic rings. The summed E-state index contributed by atoms with van der Waals surface area (Å²) in [5, 5.41) is 3.47. The average molecular weight is 248 g/mol. The zero-order chi connectivity index (χ0) is 13.6. The lowest BCUT2D eigenvalue weighted by Gasteiger charge is -2.30. The maximum absolute atomic E-state index is 5.88. The molecule has 0 heterocycles. The van der Waals surface area contributed by atoms with Crippen LogP contribution in [0, 0.1) is 0 Å². The van der Waals surface area contributed by atoms with Crippen LogP contribution in [0.3, 0.4) is 0 Å². The minimum Gasteiger partial charge on any atom is -0.497 e. The Hall–Kier alpha value is -1.32. The molecule has 0 amide bonds. The Morgan fingerprint density at radius 2 is 2.00 bits per heavy atom. The molecule has 18 heavy (non-hydrogen) atoms. The van der Waals surface area contributed by atoms with E-state index in [-0.39, 0.29) is 5.54 Å². The van der Waals surface area contributed by atoms with Gasteiger partial charge in [-0.05, 0) is 38.0 Å². The zero-order valence-electron chi connectivity index (χ0n) is 11.6. The highest BCUT2D eigenvalue weighted by Crippen LogP contribution is 2.16. The van der Waals surface area contributed by atoms with Crippen LogP contribution < -0.4 is 15.8 Å². The summed E-state index contributed by atoms with van der Waals surface area (Å²) in [6.45, 7) is 9.44. The monoisotopic (exact) mass is 248 g/mol. The van der Waals surface area contributed by atoms with Gasteiger partial charge in [-0.25, -0.2) is 0 Å². The lowest BCUT2D eigenvalue weighted by molar-refractivity contribution is 0.374. The second kappa shape index (κ2) is 6.57. The van der Waals surface area contributed by atoms with Crippen LogP contribution in [0.4, 0.5) is 0 Å². The van der Waals surface area contributed by atoms with Crippen molar-refractivity contribution in [3.63, 3.8) is 0 Å². The van der Waals surface area contributed by atoms with E-state index in [9.17, 15) is 0 Å². The quantitative estimate of drug-likeness (QED) is 0.727. The number of benzene rings is 1. The largest absolute Gasteiger partial charge is 0.497 e. The first kappa shape index (κ1) is 14.7. The van der Waals surface area contributed by atoms with Gasteiger partial charge in [0.2, 0.25) is 0 Å². The highest BCUT2D eigenvalue weighted by molar-refractivity contribution is 5.28. The van der Waals surface area contributed by atoms with Gasteiger partial charge in [0, 0.05) is 18.6 Å². The molecule has 0 aliphatic heterocycles. The molecular formula is C15H24N2O. The Balaban J connectivity index is 2.68. The molecule has 100 valence electrons. The molecule has 1 aromatic carbocycles. The summed E-state index contributed by atoms with van der Waals surface area (Å²) in [6.07, 6.45) is 0.890. The molecule has 0 aromatic heterocycles. The Morgan fingerprint density at radius 1 is 1.39 bits per heavy atom. The van der Waals surface area contributed by atoms with Crippen LogP contribution in [-0.2, 0) is 6.42 Å². The standard InChI is InChI=1S/C15H24N2O/c1-12(2)10-17-15(3,11-16)9-13-5-7-14(18-4)8-6-13/h5-8,17H,1,9-11,16H2,2-4H3. The van der Waals surface area contributed by atoms with Crippen LogP contribution in [0.5, 0.6) is 5.75 Å². The molecule has 0 spiro atoms. The fraction of sp³-hybridized carbons (Fsp3) is 0.467. The fourth-order valence-corrected chi connectivity index (χ4v) is 1.77. The third-order valence-corrected chi connectivity index (χ3v) is 3.02. The molecule has 0 saturated heterocycles. The van der Waals surface area contributed by atoms with Crippen molar-refractivity contribution < 1.29 is 4.74 Å². The molecule has 3 N–H and O–H groups in total. The summed E-state index contributed by atoms with van der Waals surface area (Å²) in [4.78, 5) is 0. The molecule has 3 nitrogen and oxygen atoms in total. The minimum atomic E-state index is -0.104. The second-order valence-corrected chi connectivity index (χ2v) is 5.10. The van der Waals surface area contributed by atoms with Crippen molar-refractivity contribution in [3.8, 4) is 5.75 Å². The van der Waals surface area contributed by atoms with Crippen molar-refractivity contribution in [3.05, 3.63) is 42.0 Å². The SMILES string of the molecule is C=C(C)CNC(C)(CN)Cc1ccc(OC)cc1. The molecular weight excluding hydrogens is 224 g/mol. The Morgan fingerprint density at radius 3 is 2.44 bits per heavy atom. The van der Waals surface area contributed by atoms with Gasteiger partial charge >= 0.3 is 0 Å². The van der Waals surface area contributed by atoms with Crippen molar-refractivity contribution in [1.82, 2.24) is 5.32 Å². The van der Waals surface area contributed by atoms with E-state index in [4.69, 9.17) is 10.5 Å². The highest BCUT2D eigenvalue weighted by atomic mass is 16.5. The van der Waals surface area contributed by atoms with E-state index in [2.05, 4.69) is 31.0 Å². The van der Waals surface area contributed by atoms with E-state index in [1.165, 1.54) is 5.56 Å². The normalized spacial score (nSPS) is 14.0. The first-order valence-electron chi connectivity index (χ1n) is 6.21. The molecule has 0 aliphatic carbocycles. The molecule has 1 atom stereocenters. The summed E-state index contributed by atoms with van der Waals surface area (Å²) >= 11 is 0. The van der Waals surface area contributed by atoms with Gasteiger partial charge < -0.3 is 15.8 Å². The van der Waals surface area contributed by atoms with Crippen LogP contribution in [0.1, 0.15) is 19.4 Å². The fourth-order valence-electron chi connectivity index (χ4n) is 1.77. The smallest absolute Gasteiger partial charge is 0.118 e. The van der Waals surface area contributed by atoms with Crippen molar-refractivity contribution in [1.29, 1.82) is 0 Å². The van der Waals surface area contributed by atoms with Crippen LogP contribution in [0.15, 0.2) is 36.4 Å². The van der Waals surface area contributed by atoms with Crippen molar-refractivity contribution in [2.75, 3.05) is 20.2 Å². The molecule has 1 rings (SSSR count). The summed E-state index contributed by atoms with van der Waals surface area (Å²) in [5.74, 6) is 0.878. The number of methoxy groups -OCH3 is 1. The van der Waals surface area contributed by atoms with Gasteiger partial charge in [-0.15, -0.1) is 0 Å². The van der Waals surface area contributed by atoms with E-state index < -0.39 is 0 Å². The minimum absolute atomic E-state index is 0.104. The number of nitrogens with two attached hydrogens (primary N) is 1. The van der Waals surface area contributed by atoms with E-state index >= 15 is 0 Å². The number of ether oxygens (including phenoxy) is 1. The van der Waals surface area contributed by atoms with E-state index in [1.54, 1.807) is 7.11 Å². The summed E-state index contributed by atoms with van der Waals surface area (Å²) in [6, 6.07) is 8.11. The number of hydrogen-bond acceptors (Lipinski definition) is 3. The summed E-state index contributed by atoms with van der Waals surface area (Å²) in [5.41, 5.74) is 8.14. The number of rotatable bonds is 7. The molecule has 0 radical (unpaired) electrons. The van der Waals surface area contributed by atoms with Gasteiger partial charge in [0.25, 0.3) is 0 Å². The van der Waals surface area contributed by atoms with Crippen LogP contribution >= 0.6 is 0 Å². The van der Waals surface area contributed by atoms with Crippen LogP contribution in [0.25, 0.3) is 0 Å². The van der Waals surface area contributed by atoms with Gasteiger partial charge in [0.05, 0.1) is 7.11 Å². The third-order valence-electron chi connectivity index (χ3n) is 3.02. The zero-order valence-corrected chi connectivity index (χ0v) is 11.6. The maximum atomic E-state index is 5.88. The molecule has 0 aliphatic rings.